The van der Waals surface area contributed by atoms with E-state index in [-0.39, 0.29) is 11.9 Å². The lowest BCUT2D eigenvalue weighted by Gasteiger charge is -2.38. The van der Waals surface area contributed by atoms with Crippen LogP contribution in [0.4, 0.5) is 0 Å². The van der Waals surface area contributed by atoms with Crippen LogP contribution in [0.1, 0.15) is 30.0 Å². The Morgan fingerprint density at radius 3 is 2.65 bits per heavy atom. The first-order valence-electron chi connectivity index (χ1n) is 7.54. The van der Waals surface area contributed by atoms with Crippen LogP contribution in [-0.2, 0) is 4.79 Å². The summed E-state index contributed by atoms with van der Waals surface area (Å²) in [6.07, 6.45) is 1.10. The summed E-state index contributed by atoms with van der Waals surface area (Å²) < 4.78 is 10.9. The number of benzene rings is 1. The maximum atomic E-state index is 12.0. The number of hydrogen-bond acceptors (Lipinski definition) is 5. The number of hydrogen-bond donors (Lipinski definition) is 2. The summed E-state index contributed by atoms with van der Waals surface area (Å²) >= 11 is 5.34. The van der Waals surface area contributed by atoms with Crippen LogP contribution in [0.3, 0.4) is 0 Å². The molecule has 1 heterocycles. The van der Waals surface area contributed by atoms with E-state index in [9.17, 15) is 4.79 Å². The van der Waals surface area contributed by atoms with E-state index >= 15 is 0 Å². The van der Waals surface area contributed by atoms with Gasteiger partial charge in [-0.3, -0.25) is 4.79 Å². The van der Waals surface area contributed by atoms with Crippen molar-refractivity contribution in [3.05, 3.63) is 23.3 Å². The molecule has 1 atom stereocenters. The van der Waals surface area contributed by atoms with Crippen molar-refractivity contribution >= 4 is 23.2 Å². The number of methoxy groups -OCH3 is 2. The maximum Gasteiger partial charge on any atom is 0.228 e. The third-order valence-corrected chi connectivity index (χ3v) is 4.31. The molecule has 0 saturated carbocycles. The van der Waals surface area contributed by atoms with Crippen molar-refractivity contribution in [2.24, 2.45) is 5.73 Å². The van der Waals surface area contributed by atoms with Crippen LogP contribution >= 0.6 is 12.2 Å². The number of carbonyl (C=O) groups excluding carboxylic acids is 1. The van der Waals surface area contributed by atoms with Gasteiger partial charge in [0.1, 0.15) is 11.5 Å². The average molecular weight is 337 g/mol. The van der Waals surface area contributed by atoms with Gasteiger partial charge in [-0.2, -0.15) is 0 Å². The fourth-order valence-electron chi connectivity index (χ4n) is 2.80. The van der Waals surface area contributed by atoms with Gasteiger partial charge in [0.05, 0.1) is 26.7 Å². The quantitative estimate of drug-likeness (QED) is 0.766. The number of aryl methyl sites for hydroxylation is 1. The Kier molecular flexibility index (Phi) is 5.79. The molecule has 1 amide bonds. The Labute approximate surface area is 141 Å². The number of rotatable bonds is 6. The Morgan fingerprint density at radius 2 is 2.04 bits per heavy atom. The highest BCUT2D eigenvalue weighted by atomic mass is 32.1. The number of thiocarbonyl (C=S) groups is 1. The number of amides is 1. The first-order valence-corrected chi connectivity index (χ1v) is 7.95. The lowest BCUT2D eigenvalue weighted by atomic mass is 9.97. The third-order valence-electron chi connectivity index (χ3n) is 3.97. The molecule has 6 nitrogen and oxygen atoms in total. The summed E-state index contributed by atoms with van der Waals surface area (Å²) in [5.41, 5.74) is 7.49. The van der Waals surface area contributed by atoms with Crippen molar-refractivity contribution in [2.75, 3.05) is 27.3 Å². The second-order valence-corrected chi connectivity index (χ2v) is 5.86. The van der Waals surface area contributed by atoms with E-state index in [0.29, 0.717) is 24.6 Å². The molecular formula is C16H23N3O3S. The van der Waals surface area contributed by atoms with Crippen LogP contribution in [-0.4, -0.2) is 43.2 Å². The smallest absolute Gasteiger partial charge is 0.228 e. The zero-order valence-corrected chi connectivity index (χ0v) is 14.5. The summed E-state index contributed by atoms with van der Waals surface area (Å²) in [7, 11) is 3.25. The minimum absolute atomic E-state index is 0.0920. The summed E-state index contributed by atoms with van der Waals surface area (Å²) in [5, 5.41) is 3.15. The van der Waals surface area contributed by atoms with Gasteiger partial charge in [-0.1, -0.05) is 0 Å². The third kappa shape index (κ3) is 3.73. The second kappa shape index (κ2) is 7.61. The molecule has 1 saturated heterocycles. The van der Waals surface area contributed by atoms with Crippen LogP contribution in [0.15, 0.2) is 12.1 Å². The zero-order valence-electron chi connectivity index (χ0n) is 13.7. The van der Waals surface area contributed by atoms with Gasteiger partial charge in [0.2, 0.25) is 5.91 Å². The fraction of sp³-hybridized carbons (Fsp3) is 0.500. The van der Waals surface area contributed by atoms with E-state index in [1.165, 1.54) is 0 Å². The van der Waals surface area contributed by atoms with Gasteiger partial charge < -0.3 is 25.4 Å². The van der Waals surface area contributed by atoms with Crippen LogP contribution < -0.4 is 20.5 Å². The van der Waals surface area contributed by atoms with Crippen molar-refractivity contribution in [1.82, 2.24) is 10.2 Å². The summed E-state index contributed by atoms with van der Waals surface area (Å²) in [6, 6.07) is 3.66. The van der Waals surface area contributed by atoms with Crippen molar-refractivity contribution in [1.29, 1.82) is 0 Å². The molecule has 126 valence electrons. The molecule has 7 heteroatoms. The first-order chi connectivity index (χ1) is 11.0. The van der Waals surface area contributed by atoms with Crippen molar-refractivity contribution in [2.45, 2.75) is 25.8 Å². The first kappa shape index (κ1) is 17.5. The largest absolute Gasteiger partial charge is 0.496 e. The normalized spacial score (nSPS) is 17.9. The summed E-state index contributed by atoms with van der Waals surface area (Å²) in [4.78, 5) is 14.0. The Morgan fingerprint density at radius 1 is 1.35 bits per heavy atom. The lowest BCUT2D eigenvalue weighted by molar-refractivity contribution is -0.122. The van der Waals surface area contributed by atoms with Gasteiger partial charge in [0.15, 0.2) is 5.11 Å². The number of ether oxygens (including phenoxy) is 2. The highest BCUT2D eigenvalue weighted by molar-refractivity contribution is 7.80. The van der Waals surface area contributed by atoms with Gasteiger partial charge in [0, 0.05) is 12.1 Å². The SMILES string of the molecule is COc1cc(C2CC(=O)NC(=S)N2CCCN)c(OC)cc1C. The highest BCUT2D eigenvalue weighted by Gasteiger charge is 2.33. The van der Waals surface area contributed by atoms with Crippen LogP contribution in [0.25, 0.3) is 0 Å². The van der Waals surface area contributed by atoms with Gasteiger partial charge in [-0.25, -0.2) is 0 Å². The molecule has 1 aromatic rings. The molecule has 1 fully saturated rings. The molecule has 0 aromatic heterocycles. The topological polar surface area (TPSA) is 76.8 Å². The molecular weight excluding hydrogens is 314 g/mol. The predicted molar refractivity (Wildman–Crippen MR) is 92.8 cm³/mol. The Bertz CT molecular complexity index is 606. The van der Waals surface area contributed by atoms with Crippen molar-refractivity contribution in [3.8, 4) is 11.5 Å². The number of nitrogens with one attached hydrogen (secondary N) is 1. The molecule has 0 spiro atoms. The van der Waals surface area contributed by atoms with Crippen molar-refractivity contribution < 1.29 is 14.3 Å². The summed E-state index contributed by atoms with van der Waals surface area (Å²) in [6.45, 7) is 3.20. The molecule has 1 aliphatic rings. The Hall–Kier alpha value is -1.86. The molecule has 1 aromatic carbocycles. The Balaban J connectivity index is 2.46. The predicted octanol–water partition coefficient (Wildman–Crippen LogP) is 1.51. The molecule has 23 heavy (non-hydrogen) atoms. The molecule has 2 rings (SSSR count). The average Bonchev–Trinajstić information content (AvgIpc) is 2.53. The van der Waals surface area contributed by atoms with Crippen LogP contribution in [0.5, 0.6) is 11.5 Å². The van der Waals surface area contributed by atoms with Gasteiger partial charge >= 0.3 is 0 Å². The standard InChI is InChI=1S/C16H23N3O3S/c1-10-7-14(22-3)11(8-13(10)21-2)12-9-15(20)18-16(23)19(12)6-4-5-17/h7-8,12H,4-6,9,17H2,1-3H3,(H,18,20,23). The van der Waals surface area contributed by atoms with E-state index < -0.39 is 0 Å². The van der Waals surface area contributed by atoms with Crippen molar-refractivity contribution in [3.63, 3.8) is 0 Å². The van der Waals surface area contributed by atoms with E-state index in [2.05, 4.69) is 5.32 Å². The molecule has 0 bridgehead atoms. The van der Waals surface area contributed by atoms with Gasteiger partial charge in [-0.15, -0.1) is 0 Å². The number of carbonyl (C=O) groups is 1. The lowest BCUT2D eigenvalue weighted by Crippen LogP contribution is -2.51. The second-order valence-electron chi connectivity index (χ2n) is 5.47. The molecule has 0 radical (unpaired) electrons. The van der Waals surface area contributed by atoms with Crippen LogP contribution in [0, 0.1) is 6.92 Å². The number of nitrogens with two attached hydrogens (primary N) is 1. The highest BCUT2D eigenvalue weighted by Crippen LogP contribution is 2.38. The van der Waals surface area contributed by atoms with E-state index in [1.54, 1.807) is 14.2 Å². The van der Waals surface area contributed by atoms with Gasteiger partial charge in [-0.05, 0) is 49.8 Å². The molecule has 0 aliphatic carbocycles. The zero-order chi connectivity index (χ0) is 17.0. The minimum Gasteiger partial charge on any atom is -0.496 e. The van der Waals surface area contributed by atoms with Crippen LogP contribution in [0.2, 0.25) is 0 Å². The number of nitrogens with zero attached hydrogens (tertiary/aromatic N) is 1. The molecule has 1 unspecified atom stereocenters. The fourth-order valence-corrected chi connectivity index (χ4v) is 3.13. The maximum absolute atomic E-state index is 12.0. The summed E-state index contributed by atoms with van der Waals surface area (Å²) in [5.74, 6) is 1.39. The van der Waals surface area contributed by atoms with E-state index in [0.717, 1.165) is 29.0 Å². The monoisotopic (exact) mass is 337 g/mol. The van der Waals surface area contributed by atoms with E-state index in [1.807, 2.05) is 24.0 Å². The van der Waals surface area contributed by atoms with E-state index in [4.69, 9.17) is 27.4 Å². The molecule has 1 aliphatic heterocycles. The molecule has 3 N–H and O–H groups in total. The minimum atomic E-state index is -0.188. The van der Waals surface area contributed by atoms with Gasteiger partial charge in [0.25, 0.3) is 0 Å².